The summed E-state index contributed by atoms with van der Waals surface area (Å²) >= 11 is 3.34. The first-order chi connectivity index (χ1) is 15.3. The number of anilines is 1. The van der Waals surface area contributed by atoms with E-state index < -0.39 is 31.9 Å². The van der Waals surface area contributed by atoms with Crippen LogP contribution in [-0.4, -0.2) is 81.1 Å². The van der Waals surface area contributed by atoms with E-state index in [9.17, 15) is 26.4 Å². The first-order valence-corrected chi connectivity index (χ1v) is 15.0. The number of nitrogens with one attached hydrogen (secondary N) is 1. The van der Waals surface area contributed by atoms with Crippen molar-refractivity contribution in [1.82, 2.24) is 8.61 Å². The third kappa shape index (κ3) is 8.96. The molecular formula is C20H30BrN3O7S2. The molecule has 1 aromatic carbocycles. The molecule has 13 heteroatoms. The van der Waals surface area contributed by atoms with E-state index in [1.807, 2.05) is 18.2 Å². The summed E-state index contributed by atoms with van der Waals surface area (Å²) in [4.78, 5) is 22.8. The molecule has 0 bridgehead atoms. The summed E-state index contributed by atoms with van der Waals surface area (Å²) in [6.45, 7) is 1.33. The molecule has 2 aliphatic rings. The third-order valence-corrected chi connectivity index (χ3v) is 8.55. The van der Waals surface area contributed by atoms with Crippen LogP contribution in [0.25, 0.3) is 0 Å². The molecule has 0 unspecified atom stereocenters. The SMILES string of the molecule is CS(=O)(=O)N1CCC[C@H](C(=O)Nc2cccc(Br)c2)C1.CS(=O)(=O)N1CCC[C@H](C(=O)O)C1. The minimum absolute atomic E-state index is 0.119. The van der Waals surface area contributed by atoms with E-state index in [4.69, 9.17) is 5.11 Å². The standard InChI is InChI=1S/C13H17BrN2O3S.C7H13NO4S/c1-20(18,19)16-7-3-4-10(9-16)13(17)15-12-6-2-5-11(14)8-12;1-13(11,12)8-4-2-3-6(5-8)7(9)10/h2,5-6,8,10H,3-4,7,9H2,1H3,(H,15,17);6H,2-5H2,1H3,(H,9,10)/t10-;6-/m00/s1. The number of piperidine rings is 2. The van der Waals surface area contributed by atoms with Crippen LogP contribution < -0.4 is 5.32 Å². The van der Waals surface area contributed by atoms with E-state index in [0.717, 1.165) is 10.7 Å². The average Bonchev–Trinajstić information content (AvgIpc) is 2.73. The average molecular weight is 569 g/mol. The monoisotopic (exact) mass is 567 g/mol. The van der Waals surface area contributed by atoms with Gasteiger partial charge in [0.05, 0.1) is 24.3 Å². The maximum absolute atomic E-state index is 12.2. The van der Waals surface area contributed by atoms with Crippen molar-refractivity contribution in [1.29, 1.82) is 0 Å². The fourth-order valence-corrected chi connectivity index (χ4v) is 5.94. The van der Waals surface area contributed by atoms with Crippen LogP contribution in [0.3, 0.4) is 0 Å². The van der Waals surface area contributed by atoms with Crippen LogP contribution in [0.4, 0.5) is 5.69 Å². The van der Waals surface area contributed by atoms with E-state index in [2.05, 4.69) is 21.2 Å². The lowest BCUT2D eigenvalue weighted by Crippen LogP contribution is -2.43. The summed E-state index contributed by atoms with van der Waals surface area (Å²) in [5.41, 5.74) is 0.709. The summed E-state index contributed by atoms with van der Waals surface area (Å²) in [5, 5.41) is 11.5. The van der Waals surface area contributed by atoms with Crippen LogP contribution in [0.1, 0.15) is 25.7 Å². The Balaban J connectivity index is 0.000000257. The Morgan fingerprint density at radius 1 is 0.970 bits per heavy atom. The number of benzene rings is 1. The maximum Gasteiger partial charge on any atom is 0.307 e. The molecular weight excluding hydrogens is 538 g/mol. The summed E-state index contributed by atoms with van der Waals surface area (Å²) < 4.78 is 48.8. The number of carboxylic acid groups (broad SMARTS) is 1. The predicted molar refractivity (Wildman–Crippen MR) is 129 cm³/mol. The summed E-state index contributed by atoms with van der Waals surface area (Å²) in [6, 6.07) is 7.33. The number of amides is 1. The van der Waals surface area contributed by atoms with Gasteiger partial charge in [-0.15, -0.1) is 0 Å². The second-order valence-corrected chi connectivity index (χ2v) is 13.1. The van der Waals surface area contributed by atoms with Crippen LogP contribution in [0.15, 0.2) is 28.7 Å². The number of halogens is 1. The summed E-state index contributed by atoms with van der Waals surface area (Å²) in [7, 11) is -6.45. The molecule has 0 radical (unpaired) electrons. The highest BCUT2D eigenvalue weighted by Gasteiger charge is 2.31. The number of aliphatic carboxylic acids is 1. The highest BCUT2D eigenvalue weighted by Crippen LogP contribution is 2.22. The topological polar surface area (TPSA) is 141 Å². The molecule has 2 fully saturated rings. The van der Waals surface area contributed by atoms with Crippen LogP contribution in [0.5, 0.6) is 0 Å². The molecule has 0 aromatic heterocycles. The van der Waals surface area contributed by atoms with Crippen molar-refractivity contribution in [2.75, 3.05) is 44.0 Å². The van der Waals surface area contributed by atoms with Gasteiger partial charge in [0.15, 0.2) is 0 Å². The zero-order valence-electron chi connectivity index (χ0n) is 18.6. The first-order valence-electron chi connectivity index (χ1n) is 10.5. The smallest absolute Gasteiger partial charge is 0.307 e. The van der Waals surface area contributed by atoms with Gasteiger partial charge in [0.1, 0.15) is 0 Å². The lowest BCUT2D eigenvalue weighted by molar-refractivity contribution is -0.142. The molecule has 3 rings (SSSR count). The fourth-order valence-electron chi connectivity index (χ4n) is 3.71. The molecule has 0 aliphatic carbocycles. The number of hydrogen-bond acceptors (Lipinski definition) is 6. The van der Waals surface area contributed by atoms with E-state index >= 15 is 0 Å². The third-order valence-electron chi connectivity index (χ3n) is 5.52. The van der Waals surface area contributed by atoms with Crippen LogP contribution in [0, 0.1) is 11.8 Å². The molecule has 2 N–H and O–H groups in total. The Hall–Kier alpha value is -1.54. The van der Waals surface area contributed by atoms with Crippen LogP contribution in [0.2, 0.25) is 0 Å². The fraction of sp³-hybridized carbons (Fsp3) is 0.600. The van der Waals surface area contributed by atoms with Gasteiger partial charge in [-0.3, -0.25) is 9.59 Å². The molecule has 10 nitrogen and oxygen atoms in total. The number of carboxylic acids is 1. The van der Waals surface area contributed by atoms with Gasteiger partial charge < -0.3 is 10.4 Å². The molecule has 33 heavy (non-hydrogen) atoms. The van der Waals surface area contributed by atoms with Crippen molar-refractivity contribution in [2.45, 2.75) is 25.7 Å². The van der Waals surface area contributed by atoms with Crippen molar-refractivity contribution in [3.63, 3.8) is 0 Å². The second kappa shape index (κ2) is 11.7. The molecule has 1 aromatic rings. The predicted octanol–water partition coefficient (Wildman–Crippen LogP) is 1.80. The maximum atomic E-state index is 12.2. The number of hydrogen-bond donors (Lipinski definition) is 2. The number of rotatable bonds is 5. The van der Waals surface area contributed by atoms with Gasteiger partial charge in [0.25, 0.3) is 0 Å². The van der Waals surface area contributed by atoms with Gasteiger partial charge in [0, 0.05) is 36.3 Å². The highest BCUT2D eigenvalue weighted by atomic mass is 79.9. The molecule has 2 atom stereocenters. The van der Waals surface area contributed by atoms with Crippen molar-refractivity contribution in [2.24, 2.45) is 11.8 Å². The van der Waals surface area contributed by atoms with Gasteiger partial charge in [-0.2, -0.15) is 0 Å². The molecule has 1 amide bonds. The summed E-state index contributed by atoms with van der Waals surface area (Å²) in [5.74, 6) is -1.87. The molecule has 186 valence electrons. The van der Waals surface area contributed by atoms with Gasteiger partial charge in [0.2, 0.25) is 26.0 Å². The zero-order valence-corrected chi connectivity index (χ0v) is 21.8. The molecule has 2 saturated heterocycles. The van der Waals surface area contributed by atoms with E-state index in [-0.39, 0.29) is 24.9 Å². The Labute approximate surface area is 203 Å². The lowest BCUT2D eigenvalue weighted by Gasteiger charge is -2.30. The van der Waals surface area contributed by atoms with Crippen molar-refractivity contribution in [3.8, 4) is 0 Å². The normalized spacial score (nSPS) is 22.6. The Morgan fingerprint density at radius 2 is 1.48 bits per heavy atom. The minimum atomic E-state index is -3.23. The van der Waals surface area contributed by atoms with E-state index in [1.165, 1.54) is 14.9 Å². The number of carbonyl (C=O) groups is 2. The quantitative estimate of drug-likeness (QED) is 0.552. The van der Waals surface area contributed by atoms with Gasteiger partial charge in [-0.1, -0.05) is 22.0 Å². The zero-order chi connectivity index (χ0) is 24.8. The van der Waals surface area contributed by atoms with E-state index in [0.29, 0.717) is 44.5 Å². The Morgan fingerprint density at radius 3 is 1.97 bits per heavy atom. The van der Waals surface area contributed by atoms with Crippen molar-refractivity contribution < 1.29 is 31.5 Å². The summed E-state index contributed by atoms with van der Waals surface area (Å²) in [6.07, 6.45) is 4.92. The largest absolute Gasteiger partial charge is 0.481 e. The highest BCUT2D eigenvalue weighted by molar-refractivity contribution is 9.10. The second-order valence-electron chi connectivity index (χ2n) is 8.26. The van der Waals surface area contributed by atoms with Gasteiger partial charge >= 0.3 is 5.97 Å². The molecule has 0 spiro atoms. The van der Waals surface area contributed by atoms with Gasteiger partial charge in [-0.05, 0) is 43.9 Å². The van der Waals surface area contributed by atoms with Crippen LogP contribution >= 0.6 is 15.9 Å². The molecule has 2 heterocycles. The lowest BCUT2D eigenvalue weighted by atomic mass is 9.99. The molecule has 2 aliphatic heterocycles. The van der Waals surface area contributed by atoms with Crippen molar-refractivity contribution >= 4 is 53.5 Å². The Kier molecular flexibility index (Phi) is 9.85. The first kappa shape index (κ1) is 27.7. The van der Waals surface area contributed by atoms with E-state index in [1.54, 1.807) is 6.07 Å². The van der Waals surface area contributed by atoms with Gasteiger partial charge in [-0.25, -0.2) is 25.4 Å². The number of sulfonamides is 2. The number of carbonyl (C=O) groups excluding carboxylic acids is 1. The Bertz CT molecular complexity index is 1060. The molecule has 0 saturated carbocycles. The number of nitrogens with zero attached hydrogens (tertiary/aromatic N) is 2. The minimum Gasteiger partial charge on any atom is -0.481 e. The van der Waals surface area contributed by atoms with Crippen LogP contribution in [-0.2, 0) is 29.6 Å². The van der Waals surface area contributed by atoms with Crippen molar-refractivity contribution in [3.05, 3.63) is 28.7 Å².